The molecule has 3 rings (SSSR count). The van der Waals surface area contributed by atoms with Gasteiger partial charge in [-0.15, -0.1) is 11.3 Å². The van der Waals surface area contributed by atoms with E-state index in [0.717, 1.165) is 30.3 Å². The molecule has 3 aromatic rings. The van der Waals surface area contributed by atoms with Gasteiger partial charge in [0.2, 0.25) is 5.91 Å². The second-order valence-corrected chi connectivity index (χ2v) is 7.78. The summed E-state index contributed by atoms with van der Waals surface area (Å²) < 4.78 is 28.8. The molecule has 5 nitrogen and oxygen atoms in total. The molecule has 142 valence electrons. The number of thiophene rings is 1. The molecule has 1 N–H and O–H groups in total. The van der Waals surface area contributed by atoms with Crippen LogP contribution >= 0.6 is 23.1 Å². The zero-order chi connectivity index (χ0) is 19.6. The number of carbonyl (C=O) groups is 1. The molecule has 0 aliphatic rings. The first-order valence-corrected chi connectivity index (χ1v) is 10.1. The quantitative estimate of drug-likeness (QED) is 0.483. The number of anilines is 1. The Balaban J connectivity index is 1.81. The van der Waals surface area contributed by atoms with Crippen molar-refractivity contribution < 1.29 is 13.6 Å². The highest BCUT2D eigenvalue weighted by atomic mass is 32.2. The van der Waals surface area contributed by atoms with E-state index < -0.39 is 17.5 Å². The Labute approximate surface area is 162 Å². The number of amides is 1. The van der Waals surface area contributed by atoms with Crippen molar-refractivity contribution in [1.29, 1.82) is 0 Å². The van der Waals surface area contributed by atoms with Crippen molar-refractivity contribution in [1.82, 2.24) is 9.55 Å². The van der Waals surface area contributed by atoms with E-state index in [1.807, 2.05) is 13.8 Å². The van der Waals surface area contributed by atoms with Gasteiger partial charge in [0.1, 0.15) is 16.3 Å². The van der Waals surface area contributed by atoms with Gasteiger partial charge in [0, 0.05) is 12.1 Å². The van der Waals surface area contributed by atoms with Crippen LogP contribution in [0.15, 0.2) is 39.6 Å². The summed E-state index contributed by atoms with van der Waals surface area (Å²) in [6.07, 6.45) is 0.735. The van der Waals surface area contributed by atoms with E-state index >= 15 is 0 Å². The summed E-state index contributed by atoms with van der Waals surface area (Å²) in [7, 11) is 0. The molecule has 1 unspecified atom stereocenters. The first kappa shape index (κ1) is 19.5. The molecule has 1 atom stereocenters. The van der Waals surface area contributed by atoms with Crippen LogP contribution in [0.3, 0.4) is 0 Å². The van der Waals surface area contributed by atoms with E-state index in [1.165, 1.54) is 11.3 Å². The number of fused-ring (bicyclic) bond motifs is 1. The number of nitrogens with one attached hydrogen (secondary N) is 1. The number of benzene rings is 1. The fourth-order valence-corrected chi connectivity index (χ4v) is 4.15. The van der Waals surface area contributed by atoms with Crippen LogP contribution in [0.5, 0.6) is 0 Å². The van der Waals surface area contributed by atoms with E-state index in [0.29, 0.717) is 21.4 Å². The molecule has 9 heteroatoms. The number of thioether (sulfide) groups is 1. The largest absolute Gasteiger partial charge is 0.323 e. The Morgan fingerprint density at radius 1 is 1.37 bits per heavy atom. The van der Waals surface area contributed by atoms with Crippen LogP contribution in [0, 0.1) is 11.6 Å². The van der Waals surface area contributed by atoms with Gasteiger partial charge < -0.3 is 5.32 Å². The molecule has 2 heterocycles. The molecule has 0 bridgehead atoms. The Bertz CT molecular complexity index is 1050. The average Bonchev–Trinajstić information content (AvgIpc) is 3.11. The van der Waals surface area contributed by atoms with E-state index in [4.69, 9.17) is 0 Å². The molecule has 0 saturated heterocycles. The number of rotatable bonds is 6. The predicted molar refractivity (Wildman–Crippen MR) is 105 cm³/mol. The Morgan fingerprint density at radius 3 is 2.85 bits per heavy atom. The number of aromatic nitrogens is 2. The van der Waals surface area contributed by atoms with Crippen LogP contribution in [0.4, 0.5) is 14.5 Å². The van der Waals surface area contributed by atoms with Crippen LogP contribution < -0.4 is 10.9 Å². The standard InChI is InChI=1S/C18H17F2N3O2S2/c1-3-10(2)23-17(25)16-14(6-7-26-16)22-18(23)27-9-15(24)21-13-5-4-11(19)8-12(13)20/h4-8,10H,3,9H2,1-2H3,(H,21,24). The van der Waals surface area contributed by atoms with E-state index in [2.05, 4.69) is 10.3 Å². The molecule has 0 radical (unpaired) electrons. The lowest BCUT2D eigenvalue weighted by molar-refractivity contribution is -0.113. The summed E-state index contributed by atoms with van der Waals surface area (Å²) in [5, 5.41) is 4.65. The minimum Gasteiger partial charge on any atom is -0.323 e. The lowest BCUT2D eigenvalue weighted by Crippen LogP contribution is -2.26. The fraction of sp³-hybridized carbons (Fsp3) is 0.278. The van der Waals surface area contributed by atoms with Crippen molar-refractivity contribution >= 4 is 44.9 Å². The van der Waals surface area contributed by atoms with E-state index in [1.54, 1.807) is 16.0 Å². The van der Waals surface area contributed by atoms with Crippen molar-refractivity contribution in [2.45, 2.75) is 31.5 Å². The highest BCUT2D eigenvalue weighted by Gasteiger charge is 2.18. The molecule has 0 spiro atoms. The van der Waals surface area contributed by atoms with Crippen LogP contribution in [0.25, 0.3) is 10.2 Å². The second-order valence-electron chi connectivity index (χ2n) is 5.92. The van der Waals surface area contributed by atoms with Crippen molar-refractivity contribution in [3.8, 4) is 0 Å². The minimum atomic E-state index is -0.845. The maximum atomic E-state index is 13.7. The third-order valence-electron chi connectivity index (χ3n) is 4.05. The molecule has 1 amide bonds. The third kappa shape index (κ3) is 4.19. The molecule has 0 fully saturated rings. The Hall–Kier alpha value is -2.26. The fourth-order valence-electron chi connectivity index (χ4n) is 2.48. The number of nitrogens with zero attached hydrogens (tertiary/aromatic N) is 2. The molecule has 1 aromatic carbocycles. The molecule has 0 aliphatic heterocycles. The summed E-state index contributed by atoms with van der Waals surface area (Å²) in [6.45, 7) is 3.88. The molecule has 0 aliphatic carbocycles. The van der Waals surface area contributed by atoms with Gasteiger partial charge in [0.25, 0.3) is 5.56 Å². The smallest absolute Gasteiger partial charge is 0.272 e. The summed E-state index contributed by atoms with van der Waals surface area (Å²) in [6, 6.07) is 4.63. The van der Waals surface area contributed by atoms with Crippen LogP contribution in [-0.4, -0.2) is 21.2 Å². The van der Waals surface area contributed by atoms with Crippen molar-refractivity contribution in [3.05, 3.63) is 51.6 Å². The molecular formula is C18H17F2N3O2S2. The number of halogens is 2. The van der Waals surface area contributed by atoms with Crippen LogP contribution in [0.2, 0.25) is 0 Å². The van der Waals surface area contributed by atoms with Gasteiger partial charge in [-0.2, -0.15) is 0 Å². The number of carbonyl (C=O) groups excluding carboxylic acids is 1. The molecule has 27 heavy (non-hydrogen) atoms. The van der Waals surface area contributed by atoms with Gasteiger partial charge in [-0.25, -0.2) is 13.8 Å². The first-order valence-electron chi connectivity index (χ1n) is 8.28. The SMILES string of the molecule is CCC(C)n1c(SCC(=O)Nc2ccc(F)cc2F)nc2ccsc2c1=O. The Kier molecular flexibility index (Phi) is 5.91. The highest BCUT2D eigenvalue weighted by molar-refractivity contribution is 7.99. The normalized spacial score (nSPS) is 12.3. The van der Waals surface area contributed by atoms with Crippen molar-refractivity contribution in [2.24, 2.45) is 0 Å². The maximum Gasteiger partial charge on any atom is 0.272 e. The third-order valence-corrected chi connectivity index (χ3v) is 5.89. The number of hydrogen-bond acceptors (Lipinski definition) is 5. The summed E-state index contributed by atoms with van der Waals surface area (Å²) >= 11 is 2.44. The van der Waals surface area contributed by atoms with Crippen molar-refractivity contribution in [2.75, 3.05) is 11.1 Å². The second kappa shape index (κ2) is 8.18. The molecule has 2 aromatic heterocycles. The van der Waals surface area contributed by atoms with Gasteiger partial charge in [-0.1, -0.05) is 18.7 Å². The highest BCUT2D eigenvalue weighted by Crippen LogP contribution is 2.25. The first-order chi connectivity index (χ1) is 12.9. The zero-order valence-corrected chi connectivity index (χ0v) is 16.3. The molecular weight excluding hydrogens is 392 g/mol. The van der Waals surface area contributed by atoms with Crippen LogP contribution in [-0.2, 0) is 4.79 Å². The lowest BCUT2D eigenvalue weighted by atomic mass is 10.2. The summed E-state index contributed by atoms with van der Waals surface area (Å²) in [5.41, 5.74) is 0.372. The topological polar surface area (TPSA) is 64.0 Å². The Morgan fingerprint density at radius 2 is 2.15 bits per heavy atom. The summed E-state index contributed by atoms with van der Waals surface area (Å²) in [4.78, 5) is 29.4. The van der Waals surface area contributed by atoms with Crippen molar-refractivity contribution in [3.63, 3.8) is 0 Å². The van der Waals surface area contributed by atoms with Gasteiger partial charge in [0.15, 0.2) is 5.16 Å². The predicted octanol–water partition coefficient (Wildman–Crippen LogP) is 4.44. The average molecular weight is 409 g/mol. The summed E-state index contributed by atoms with van der Waals surface area (Å²) in [5.74, 6) is -2.09. The number of hydrogen-bond donors (Lipinski definition) is 1. The van der Waals surface area contributed by atoms with E-state index in [-0.39, 0.29) is 23.0 Å². The monoisotopic (exact) mass is 409 g/mol. The van der Waals surface area contributed by atoms with E-state index in [9.17, 15) is 18.4 Å². The minimum absolute atomic E-state index is 0.0602. The lowest BCUT2D eigenvalue weighted by Gasteiger charge is -2.17. The van der Waals surface area contributed by atoms with Gasteiger partial charge in [-0.3, -0.25) is 14.2 Å². The van der Waals surface area contributed by atoms with Gasteiger partial charge >= 0.3 is 0 Å². The van der Waals surface area contributed by atoms with Gasteiger partial charge in [-0.05, 0) is 36.9 Å². The van der Waals surface area contributed by atoms with Crippen LogP contribution in [0.1, 0.15) is 26.3 Å². The zero-order valence-electron chi connectivity index (χ0n) is 14.7. The molecule has 0 saturated carbocycles. The van der Waals surface area contributed by atoms with Gasteiger partial charge in [0.05, 0.1) is 17.0 Å². The maximum absolute atomic E-state index is 13.7.